The van der Waals surface area contributed by atoms with Gasteiger partial charge in [0.25, 0.3) is 0 Å². The highest BCUT2D eigenvalue weighted by Crippen LogP contribution is 2.18. The van der Waals surface area contributed by atoms with Crippen LogP contribution in [0, 0.1) is 0 Å². The van der Waals surface area contributed by atoms with Gasteiger partial charge in [0.2, 0.25) is 10.0 Å². The van der Waals surface area contributed by atoms with Crippen molar-refractivity contribution >= 4 is 35.3 Å². The van der Waals surface area contributed by atoms with Gasteiger partial charge in [0, 0.05) is 0 Å². The molecule has 0 radical (unpaired) electrons. The third-order valence-electron chi connectivity index (χ3n) is 0.475. The van der Waals surface area contributed by atoms with Crippen LogP contribution in [-0.4, -0.2) is 18.2 Å². The van der Waals surface area contributed by atoms with E-state index in [4.69, 9.17) is 5.14 Å². The lowest BCUT2D eigenvalue weighted by atomic mass is 10.5. The molecule has 0 saturated carbocycles. The molecule has 0 bridgehead atoms. The number of rotatable bonds is 2. The van der Waals surface area contributed by atoms with Crippen LogP contribution in [0.4, 0.5) is 0 Å². The molecule has 0 aliphatic heterocycles. The lowest BCUT2D eigenvalue weighted by molar-refractivity contribution is 0.596. The summed E-state index contributed by atoms with van der Waals surface area (Å²) in [6.07, 6.45) is 0. The van der Waals surface area contributed by atoms with Gasteiger partial charge in [-0.2, -0.15) is 25.3 Å². The zero-order valence-corrected chi connectivity index (χ0v) is 7.51. The monoisotopic (exact) mass is 187 g/mol. The SMILES string of the molecule is CC(S)(S)CS(N)(=O)=O. The summed E-state index contributed by atoms with van der Waals surface area (Å²) in [6, 6.07) is 0. The minimum Gasteiger partial charge on any atom is -0.229 e. The summed E-state index contributed by atoms with van der Waals surface area (Å²) in [4.78, 5) is 0. The minimum atomic E-state index is -3.43. The third-order valence-corrected chi connectivity index (χ3v) is 2.20. The van der Waals surface area contributed by atoms with Crippen LogP contribution in [0.3, 0.4) is 0 Å². The second-order valence-corrected chi connectivity index (χ2v) is 5.97. The molecule has 0 saturated heterocycles. The Morgan fingerprint density at radius 1 is 1.56 bits per heavy atom. The maximum Gasteiger partial charge on any atom is 0.211 e. The van der Waals surface area contributed by atoms with Gasteiger partial charge in [-0.1, -0.05) is 0 Å². The van der Waals surface area contributed by atoms with Gasteiger partial charge in [-0.3, -0.25) is 0 Å². The fourth-order valence-electron chi connectivity index (χ4n) is 0.381. The first kappa shape index (κ1) is 9.61. The molecule has 0 spiro atoms. The molecule has 0 aromatic heterocycles. The fourth-order valence-corrected chi connectivity index (χ4v) is 2.22. The topological polar surface area (TPSA) is 60.2 Å². The summed E-state index contributed by atoms with van der Waals surface area (Å²) in [5, 5.41) is 4.70. The molecule has 3 nitrogen and oxygen atoms in total. The van der Waals surface area contributed by atoms with Crippen molar-refractivity contribution in [2.24, 2.45) is 5.14 Å². The zero-order valence-electron chi connectivity index (χ0n) is 4.90. The fraction of sp³-hybridized carbons (Fsp3) is 1.00. The number of hydrogen-bond acceptors (Lipinski definition) is 4. The quantitative estimate of drug-likeness (QED) is 0.416. The second kappa shape index (κ2) is 2.69. The van der Waals surface area contributed by atoms with E-state index in [1.54, 1.807) is 6.92 Å². The highest BCUT2D eigenvalue weighted by Gasteiger charge is 2.19. The standard InChI is InChI=1S/C3H9NO2S3/c1-3(7,8)2-9(4,5)6/h7-8H,2H2,1H3,(H2,4,5,6). The normalized spacial score (nSPS) is 13.8. The van der Waals surface area contributed by atoms with E-state index in [1.165, 1.54) is 0 Å². The Hall–Kier alpha value is 0.610. The lowest BCUT2D eigenvalue weighted by Gasteiger charge is -2.12. The average molecular weight is 187 g/mol. The van der Waals surface area contributed by atoms with Gasteiger partial charge in [-0.25, -0.2) is 13.6 Å². The van der Waals surface area contributed by atoms with Crippen molar-refractivity contribution in [3.8, 4) is 0 Å². The maximum atomic E-state index is 10.3. The smallest absolute Gasteiger partial charge is 0.211 e. The molecule has 0 amide bonds. The second-order valence-electron chi connectivity index (χ2n) is 2.02. The Morgan fingerprint density at radius 3 is 1.89 bits per heavy atom. The van der Waals surface area contributed by atoms with Crippen molar-refractivity contribution < 1.29 is 8.42 Å². The van der Waals surface area contributed by atoms with Crippen molar-refractivity contribution in [3.63, 3.8) is 0 Å². The van der Waals surface area contributed by atoms with Crippen molar-refractivity contribution in [3.05, 3.63) is 0 Å². The van der Waals surface area contributed by atoms with Crippen LogP contribution < -0.4 is 5.14 Å². The predicted molar refractivity (Wildman–Crippen MR) is 44.4 cm³/mol. The maximum absolute atomic E-state index is 10.3. The predicted octanol–water partition coefficient (Wildman–Crippen LogP) is -0.149. The summed E-state index contributed by atoms with van der Waals surface area (Å²) in [7, 11) is -3.43. The Labute approximate surface area is 65.9 Å². The van der Waals surface area contributed by atoms with E-state index in [-0.39, 0.29) is 5.75 Å². The summed E-state index contributed by atoms with van der Waals surface area (Å²) in [5.74, 6) is -0.230. The van der Waals surface area contributed by atoms with E-state index in [2.05, 4.69) is 25.3 Å². The van der Waals surface area contributed by atoms with E-state index in [0.29, 0.717) is 0 Å². The molecule has 0 atom stereocenters. The molecule has 0 heterocycles. The average Bonchev–Trinajstić information content (AvgIpc) is 1.14. The first-order valence-corrected chi connectivity index (χ1v) is 4.77. The zero-order chi connectivity index (χ0) is 7.71. The highest BCUT2D eigenvalue weighted by molar-refractivity contribution is 8.02. The molecule has 2 N–H and O–H groups in total. The van der Waals surface area contributed by atoms with Crippen LogP contribution in [0.25, 0.3) is 0 Å². The van der Waals surface area contributed by atoms with Gasteiger partial charge < -0.3 is 0 Å². The van der Waals surface area contributed by atoms with Crippen LogP contribution in [-0.2, 0) is 10.0 Å². The number of nitrogens with two attached hydrogens (primary N) is 1. The molecule has 9 heavy (non-hydrogen) atoms. The molecule has 0 unspecified atom stereocenters. The molecule has 0 aromatic rings. The summed E-state index contributed by atoms with van der Waals surface area (Å²) in [5.41, 5.74) is 0. The summed E-state index contributed by atoms with van der Waals surface area (Å²) >= 11 is 7.71. The highest BCUT2D eigenvalue weighted by atomic mass is 32.2. The van der Waals surface area contributed by atoms with Crippen molar-refractivity contribution in [1.29, 1.82) is 0 Å². The van der Waals surface area contributed by atoms with Crippen molar-refractivity contribution in [2.75, 3.05) is 5.75 Å². The first-order chi connectivity index (χ1) is 3.71. The Bertz CT molecular complexity index is 178. The van der Waals surface area contributed by atoms with E-state index in [0.717, 1.165) is 0 Å². The van der Waals surface area contributed by atoms with Gasteiger partial charge in [0.05, 0.1) is 9.83 Å². The molecule has 6 heteroatoms. The molecule has 0 aliphatic rings. The van der Waals surface area contributed by atoms with Crippen LogP contribution >= 0.6 is 25.3 Å². The van der Waals surface area contributed by atoms with Gasteiger partial charge in [-0.05, 0) is 6.92 Å². The van der Waals surface area contributed by atoms with Crippen LogP contribution in [0.5, 0.6) is 0 Å². The first-order valence-electron chi connectivity index (χ1n) is 2.16. The minimum absolute atomic E-state index is 0.230. The molecule has 0 fully saturated rings. The number of primary sulfonamides is 1. The third kappa shape index (κ3) is 8.61. The van der Waals surface area contributed by atoms with Crippen LogP contribution in [0.2, 0.25) is 0 Å². The lowest BCUT2D eigenvalue weighted by Crippen LogP contribution is -2.27. The number of thiol groups is 2. The van der Waals surface area contributed by atoms with Crippen molar-refractivity contribution in [1.82, 2.24) is 0 Å². The Kier molecular flexibility index (Phi) is 2.87. The molecular weight excluding hydrogens is 178 g/mol. The van der Waals surface area contributed by atoms with Crippen LogP contribution in [0.15, 0.2) is 0 Å². The van der Waals surface area contributed by atoms with E-state index < -0.39 is 14.1 Å². The largest absolute Gasteiger partial charge is 0.229 e. The number of hydrogen-bond donors (Lipinski definition) is 3. The number of sulfonamides is 1. The summed E-state index contributed by atoms with van der Waals surface area (Å²) < 4.78 is 19.8. The Morgan fingerprint density at radius 2 is 1.89 bits per heavy atom. The Balaban J connectivity index is 4.07. The molecule has 0 aliphatic carbocycles. The van der Waals surface area contributed by atoms with Crippen LogP contribution in [0.1, 0.15) is 6.92 Å². The molecule has 56 valence electrons. The molecule has 0 aromatic carbocycles. The van der Waals surface area contributed by atoms with Crippen molar-refractivity contribution in [2.45, 2.75) is 11.0 Å². The van der Waals surface area contributed by atoms with Gasteiger partial charge in [0.15, 0.2) is 0 Å². The van der Waals surface area contributed by atoms with E-state index in [9.17, 15) is 8.42 Å². The van der Waals surface area contributed by atoms with Gasteiger partial charge >= 0.3 is 0 Å². The molecule has 0 rings (SSSR count). The molecular formula is C3H9NO2S3. The van der Waals surface area contributed by atoms with Gasteiger partial charge in [-0.15, -0.1) is 0 Å². The van der Waals surface area contributed by atoms with E-state index >= 15 is 0 Å². The summed E-state index contributed by atoms with van der Waals surface area (Å²) in [6.45, 7) is 1.56. The van der Waals surface area contributed by atoms with E-state index in [1.807, 2.05) is 0 Å². The van der Waals surface area contributed by atoms with Gasteiger partial charge in [0.1, 0.15) is 0 Å².